The number of hydrogen-bond acceptors (Lipinski definition) is 6. The van der Waals surface area contributed by atoms with Crippen molar-refractivity contribution in [3.05, 3.63) is 52.8 Å². The van der Waals surface area contributed by atoms with Gasteiger partial charge in [0.25, 0.3) is 5.91 Å². The van der Waals surface area contributed by atoms with Crippen LogP contribution in [-0.4, -0.2) is 62.5 Å². The van der Waals surface area contributed by atoms with E-state index in [2.05, 4.69) is 10.3 Å². The lowest BCUT2D eigenvalue weighted by atomic mass is 10.0. The lowest BCUT2D eigenvalue weighted by molar-refractivity contribution is -0.124. The number of carbonyl (C=O) groups excluding carboxylic acids is 2. The fourth-order valence-electron chi connectivity index (χ4n) is 3.19. The van der Waals surface area contributed by atoms with E-state index in [1.54, 1.807) is 0 Å². The summed E-state index contributed by atoms with van der Waals surface area (Å²) in [5.41, 5.74) is 3.20. The van der Waals surface area contributed by atoms with E-state index in [-0.39, 0.29) is 29.7 Å². The molecule has 0 aliphatic carbocycles. The van der Waals surface area contributed by atoms with E-state index in [0.29, 0.717) is 13.2 Å². The maximum absolute atomic E-state index is 12.6. The summed E-state index contributed by atoms with van der Waals surface area (Å²) in [6, 6.07) is 6.89. The highest BCUT2D eigenvalue weighted by molar-refractivity contribution is 7.89. The van der Waals surface area contributed by atoms with Crippen molar-refractivity contribution < 1.29 is 27.5 Å². The lowest BCUT2D eigenvalue weighted by Gasteiger charge is -2.25. The molecule has 0 radical (unpaired) electrons. The van der Waals surface area contributed by atoms with Gasteiger partial charge in [-0.3, -0.25) is 4.79 Å². The Hall–Kier alpha value is -2.69. The monoisotopic (exact) mass is 449 g/mol. The van der Waals surface area contributed by atoms with Crippen molar-refractivity contribution in [2.24, 2.45) is 0 Å². The zero-order valence-corrected chi connectivity index (χ0v) is 18.6. The molecule has 1 amide bonds. The number of carbonyl (C=O) groups is 2. The van der Waals surface area contributed by atoms with E-state index in [0.717, 1.165) is 16.7 Å². The van der Waals surface area contributed by atoms with Crippen LogP contribution in [0.15, 0.2) is 35.4 Å². The van der Waals surface area contributed by atoms with Gasteiger partial charge in [0, 0.05) is 19.3 Å². The minimum atomic E-state index is -3.72. The molecule has 2 N–H and O–H groups in total. The molecule has 1 atom stereocenters. The molecule has 0 spiro atoms. The van der Waals surface area contributed by atoms with Gasteiger partial charge in [-0.15, -0.1) is 0 Å². The lowest BCUT2D eigenvalue weighted by Crippen LogP contribution is -2.40. The highest BCUT2D eigenvalue weighted by atomic mass is 32.2. The number of amides is 1. The van der Waals surface area contributed by atoms with Gasteiger partial charge < -0.3 is 19.8 Å². The van der Waals surface area contributed by atoms with Gasteiger partial charge in [-0.2, -0.15) is 4.31 Å². The van der Waals surface area contributed by atoms with Crippen LogP contribution >= 0.6 is 0 Å². The van der Waals surface area contributed by atoms with Gasteiger partial charge in [0.15, 0.2) is 6.61 Å². The van der Waals surface area contributed by atoms with Gasteiger partial charge in [0.2, 0.25) is 10.0 Å². The maximum Gasteiger partial charge on any atom is 0.355 e. The van der Waals surface area contributed by atoms with Gasteiger partial charge in [-0.1, -0.05) is 18.2 Å². The summed E-state index contributed by atoms with van der Waals surface area (Å²) in [6.07, 6.45) is 1.24. The predicted molar refractivity (Wildman–Crippen MR) is 113 cm³/mol. The molecule has 2 aromatic rings. The molecule has 1 aliphatic heterocycles. The number of aromatic nitrogens is 1. The van der Waals surface area contributed by atoms with Gasteiger partial charge >= 0.3 is 5.97 Å². The Labute approximate surface area is 181 Å². The number of benzene rings is 1. The van der Waals surface area contributed by atoms with Crippen molar-refractivity contribution in [2.75, 3.05) is 32.9 Å². The second kappa shape index (κ2) is 9.63. The molecule has 1 saturated heterocycles. The first kappa shape index (κ1) is 23.0. The molecule has 2 heterocycles. The van der Waals surface area contributed by atoms with Crippen LogP contribution in [0.25, 0.3) is 0 Å². The summed E-state index contributed by atoms with van der Waals surface area (Å²) < 4.78 is 36.8. The SMILES string of the molecule is Cc1ccc(C(C)NC(=O)COC(=O)c2cc(S(=O)(=O)N3CCOCC3)c[nH]2)cc1C. The van der Waals surface area contributed by atoms with Crippen LogP contribution in [-0.2, 0) is 24.3 Å². The highest BCUT2D eigenvalue weighted by Gasteiger charge is 2.28. The molecular formula is C21H27N3O6S. The zero-order valence-electron chi connectivity index (χ0n) is 17.8. The van der Waals surface area contributed by atoms with E-state index < -0.39 is 28.5 Å². The fourth-order valence-corrected chi connectivity index (χ4v) is 4.59. The smallest absolute Gasteiger partial charge is 0.355 e. The first-order valence-electron chi connectivity index (χ1n) is 9.98. The normalized spacial score (nSPS) is 16.0. The molecule has 168 valence electrons. The Morgan fingerprint density at radius 3 is 2.58 bits per heavy atom. The van der Waals surface area contributed by atoms with Crippen LogP contribution in [0.4, 0.5) is 0 Å². The average Bonchev–Trinajstić information content (AvgIpc) is 3.26. The minimum absolute atomic E-state index is 0.0332. The summed E-state index contributed by atoms with van der Waals surface area (Å²) >= 11 is 0. The molecule has 10 heteroatoms. The molecule has 1 unspecified atom stereocenters. The Balaban J connectivity index is 1.54. The Bertz CT molecular complexity index is 1060. The van der Waals surface area contributed by atoms with E-state index in [1.807, 2.05) is 39.0 Å². The molecule has 1 aromatic carbocycles. The summed E-state index contributed by atoms with van der Waals surface area (Å²) in [4.78, 5) is 27.0. The number of hydrogen-bond donors (Lipinski definition) is 2. The van der Waals surface area contributed by atoms with Gasteiger partial charge in [-0.25, -0.2) is 13.2 Å². The number of nitrogens with zero attached hydrogens (tertiary/aromatic N) is 1. The van der Waals surface area contributed by atoms with Crippen molar-refractivity contribution in [3.63, 3.8) is 0 Å². The number of nitrogens with one attached hydrogen (secondary N) is 2. The molecule has 0 saturated carbocycles. The number of aryl methyl sites for hydroxylation is 2. The number of aromatic amines is 1. The molecule has 1 aliphatic rings. The zero-order chi connectivity index (χ0) is 22.6. The number of sulfonamides is 1. The first-order chi connectivity index (χ1) is 14.7. The number of esters is 1. The van der Waals surface area contributed by atoms with Crippen LogP contribution < -0.4 is 5.32 Å². The third-order valence-corrected chi connectivity index (χ3v) is 7.10. The Kier molecular flexibility index (Phi) is 7.14. The van der Waals surface area contributed by atoms with Crippen molar-refractivity contribution in [3.8, 4) is 0 Å². The molecule has 3 rings (SSSR count). The fraction of sp³-hybridized carbons (Fsp3) is 0.429. The summed E-state index contributed by atoms with van der Waals surface area (Å²) in [6.45, 7) is 6.55. The van der Waals surface area contributed by atoms with E-state index in [9.17, 15) is 18.0 Å². The molecule has 0 bridgehead atoms. The van der Waals surface area contributed by atoms with E-state index in [1.165, 1.54) is 16.6 Å². The number of ether oxygens (including phenoxy) is 2. The second-order valence-corrected chi connectivity index (χ2v) is 9.41. The quantitative estimate of drug-likeness (QED) is 0.621. The number of H-pyrrole nitrogens is 1. The van der Waals surface area contributed by atoms with Crippen molar-refractivity contribution in [1.82, 2.24) is 14.6 Å². The number of morpholine rings is 1. The van der Waals surface area contributed by atoms with Gasteiger partial charge in [0.1, 0.15) is 10.6 Å². The van der Waals surface area contributed by atoms with Crippen LogP contribution in [0.1, 0.15) is 40.1 Å². The Morgan fingerprint density at radius 1 is 1.19 bits per heavy atom. The first-order valence-corrected chi connectivity index (χ1v) is 11.4. The van der Waals surface area contributed by atoms with Crippen molar-refractivity contribution in [2.45, 2.75) is 31.7 Å². The molecule has 1 fully saturated rings. The van der Waals surface area contributed by atoms with Crippen molar-refractivity contribution >= 4 is 21.9 Å². The van der Waals surface area contributed by atoms with Crippen LogP contribution in [0.2, 0.25) is 0 Å². The number of rotatable bonds is 7. The summed E-state index contributed by atoms with van der Waals surface area (Å²) in [5.74, 6) is -1.26. The van der Waals surface area contributed by atoms with Gasteiger partial charge in [0.05, 0.1) is 19.3 Å². The second-order valence-electron chi connectivity index (χ2n) is 7.47. The van der Waals surface area contributed by atoms with Crippen LogP contribution in [0.5, 0.6) is 0 Å². The minimum Gasteiger partial charge on any atom is -0.451 e. The van der Waals surface area contributed by atoms with E-state index in [4.69, 9.17) is 9.47 Å². The standard InChI is InChI=1S/C21H27N3O6S/c1-14-4-5-17(10-15(14)2)16(3)23-20(25)13-30-21(26)19-11-18(12-22-19)31(27,28)24-6-8-29-9-7-24/h4-5,10-12,16,22H,6-9,13H2,1-3H3,(H,23,25). The third-order valence-electron chi connectivity index (χ3n) is 5.23. The van der Waals surface area contributed by atoms with Crippen molar-refractivity contribution in [1.29, 1.82) is 0 Å². The third kappa shape index (κ3) is 5.52. The van der Waals surface area contributed by atoms with Crippen LogP contribution in [0, 0.1) is 13.8 Å². The van der Waals surface area contributed by atoms with Crippen LogP contribution in [0.3, 0.4) is 0 Å². The maximum atomic E-state index is 12.6. The summed E-state index contributed by atoms with van der Waals surface area (Å²) in [5, 5.41) is 2.78. The summed E-state index contributed by atoms with van der Waals surface area (Å²) in [7, 11) is -3.72. The average molecular weight is 450 g/mol. The van der Waals surface area contributed by atoms with E-state index >= 15 is 0 Å². The predicted octanol–water partition coefficient (Wildman–Crippen LogP) is 1.69. The molecule has 9 nitrogen and oxygen atoms in total. The topological polar surface area (TPSA) is 118 Å². The molecule has 31 heavy (non-hydrogen) atoms. The molecular weight excluding hydrogens is 422 g/mol. The Morgan fingerprint density at radius 2 is 1.90 bits per heavy atom. The molecule has 1 aromatic heterocycles. The largest absolute Gasteiger partial charge is 0.451 e. The highest BCUT2D eigenvalue weighted by Crippen LogP contribution is 2.19. The van der Waals surface area contributed by atoms with Gasteiger partial charge in [-0.05, 0) is 43.5 Å².